The van der Waals surface area contributed by atoms with Crippen molar-refractivity contribution in [2.45, 2.75) is 47.0 Å². The summed E-state index contributed by atoms with van der Waals surface area (Å²) in [7, 11) is 0. The molecule has 0 unspecified atom stereocenters. The average Bonchev–Trinajstić information content (AvgIpc) is 2.76. The van der Waals surface area contributed by atoms with Crippen molar-refractivity contribution < 1.29 is 4.79 Å². The van der Waals surface area contributed by atoms with Gasteiger partial charge in [-0.1, -0.05) is 33.8 Å². The third-order valence-electron chi connectivity index (χ3n) is 4.09. The Morgan fingerprint density at radius 2 is 2.05 bits per heavy atom. The maximum atomic E-state index is 12.7. The van der Waals surface area contributed by atoms with Crippen LogP contribution in [0.2, 0.25) is 0 Å². The van der Waals surface area contributed by atoms with Crippen LogP contribution in [0.15, 0.2) is 24.4 Å². The van der Waals surface area contributed by atoms with Gasteiger partial charge in [0.25, 0.3) is 0 Å². The summed E-state index contributed by atoms with van der Waals surface area (Å²) in [6.07, 6.45) is 4.05. The second-order valence-electron chi connectivity index (χ2n) is 7.41. The monoisotopic (exact) mass is 297 g/mol. The highest BCUT2D eigenvalue weighted by Gasteiger charge is 2.36. The summed E-state index contributed by atoms with van der Waals surface area (Å²) >= 11 is 0. The Morgan fingerprint density at radius 1 is 1.27 bits per heavy atom. The summed E-state index contributed by atoms with van der Waals surface area (Å²) in [5.74, 6) is 1.49. The molecular weight excluding hydrogens is 274 g/mol. The Morgan fingerprint density at radius 3 is 2.68 bits per heavy atom. The molecule has 1 aliphatic rings. The first-order valence-corrected chi connectivity index (χ1v) is 7.93. The zero-order valence-corrected chi connectivity index (χ0v) is 13.8. The minimum Gasteiger partial charge on any atom is -0.294 e. The van der Waals surface area contributed by atoms with E-state index in [2.05, 4.69) is 32.7 Å². The van der Waals surface area contributed by atoms with Gasteiger partial charge >= 0.3 is 0 Å². The number of hydrogen-bond donors (Lipinski definition) is 0. The van der Waals surface area contributed by atoms with E-state index in [0.717, 1.165) is 35.6 Å². The molecule has 1 aliphatic carbocycles. The Bertz CT molecular complexity index is 699. The van der Waals surface area contributed by atoms with E-state index < -0.39 is 0 Å². The molecular formula is C18H23N3O. The SMILES string of the molecule is CC(C)Cc1nn(-c2ccccn2)c2c1C(=O)CC(C)(C)C2. The van der Waals surface area contributed by atoms with Gasteiger partial charge in [-0.3, -0.25) is 4.79 Å². The lowest BCUT2D eigenvalue weighted by Crippen LogP contribution is -2.28. The summed E-state index contributed by atoms with van der Waals surface area (Å²) in [5, 5.41) is 4.75. The maximum absolute atomic E-state index is 12.7. The fourth-order valence-electron chi connectivity index (χ4n) is 3.23. The molecule has 3 rings (SSSR count). The van der Waals surface area contributed by atoms with Crippen molar-refractivity contribution >= 4 is 5.78 Å². The standard InChI is InChI=1S/C18H23N3O/c1-12(2)9-13-17-14(10-18(3,4)11-15(17)22)21(20-13)16-7-5-6-8-19-16/h5-8,12H,9-11H2,1-4H3. The molecule has 22 heavy (non-hydrogen) atoms. The van der Waals surface area contributed by atoms with Gasteiger partial charge in [-0.15, -0.1) is 0 Å². The number of aromatic nitrogens is 3. The molecule has 4 heteroatoms. The van der Waals surface area contributed by atoms with Crippen LogP contribution in [0.25, 0.3) is 5.82 Å². The second kappa shape index (κ2) is 5.34. The molecule has 0 N–H and O–H groups in total. The molecule has 0 bridgehead atoms. The Hall–Kier alpha value is -1.97. The van der Waals surface area contributed by atoms with Crippen LogP contribution in [0.4, 0.5) is 0 Å². The van der Waals surface area contributed by atoms with Crippen molar-refractivity contribution in [1.82, 2.24) is 14.8 Å². The summed E-state index contributed by atoms with van der Waals surface area (Å²) in [6, 6.07) is 5.79. The van der Waals surface area contributed by atoms with E-state index in [1.165, 1.54) is 0 Å². The number of Topliss-reactive ketones (excluding diaryl/α,β-unsaturated/α-hetero) is 1. The molecule has 0 spiro atoms. The number of hydrogen-bond acceptors (Lipinski definition) is 3. The lowest BCUT2D eigenvalue weighted by Gasteiger charge is -2.29. The molecule has 2 aromatic rings. The topological polar surface area (TPSA) is 47.8 Å². The van der Waals surface area contributed by atoms with E-state index in [4.69, 9.17) is 5.10 Å². The molecule has 4 nitrogen and oxygen atoms in total. The van der Waals surface area contributed by atoms with Crippen molar-refractivity contribution in [3.05, 3.63) is 41.3 Å². The molecule has 0 amide bonds. The first-order valence-electron chi connectivity index (χ1n) is 7.93. The van der Waals surface area contributed by atoms with Crippen molar-refractivity contribution in [3.63, 3.8) is 0 Å². The van der Waals surface area contributed by atoms with Gasteiger partial charge in [-0.2, -0.15) is 5.10 Å². The molecule has 0 atom stereocenters. The number of fused-ring (bicyclic) bond motifs is 1. The fourth-order valence-corrected chi connectivity index (χ4v) is 3.23. The van der Waals surface area contributed by atoms with Gasteiger partial charge in [0.05, 0.1) is 17.0 Å². The molecule has 2 heterocycles. The van der Waals surface area contributed by atoms with Crippen molar-refractivity contribution in [1.29, 1.82) is 0 Å². The van der Waals surface area contributed by atoms with E-state index in [1.807, 2.05) is 22.9 Å². The average molecular weight is 297 g/mol. The van der Waals surface area contributed by atoms with Gasteiger partial charge < -0.3 is 0 Å². The third kappa shape index (κ3) is 2.70. The Kier molecular flexibility index (Phi) is 3.63. The molecule has 0 fully saturated rings. The first-order chi connectivity index (χ1) is 10.4. The normalized spacial score (nSPS) is 16.9. The van der Waals surface area contributed by atoms with Crippen LogP contribution in [0.5, 0.6) is 0 Å². The zero-order chi connectivity index (χ0) is 15.9. The number of ketones is 1. The van der Waals surface area contributed by atoms with Crippen LogP contribution in [-0.4, -0.2) is 20.5 Å². The van der Waals surface area contributed by atoms with Crippen molar-refractivity contribution in [3.8, 4) is 5.82 Å². The molecule has 0 radical (unpaired) electrons. The van der Waals surface area contributed by atoms with Crippen molar-refractivity contribution in [2.24, 2.45) is 11.3 Å². The summed E-state index contributed by atoms with van der Waals surface area (Å²) < 4.78 is 1.88. The van der Waals surface area contributed by atoms with E-state index in [-0.39, 0.29) is 11.2 Å². The summed E-state index contributed by atoms with van der Waals surface area (Å²) in [5.41, 5.74) is 2.77. The lowest BCUT2D eigenvalue weighted by atomic mass is 9.75. The molecule has 0 saturated carbocycles. The van der Waals surface area contributed by atoms with Crippen LogP contribution >= 0.6 is 0 Å². The number of pyridine rings is 1. The maximum Gasteiger partial charge on any atom is 0.167 e. The second-order valence-corrected chi connectivity index (χ2v) is 7.41. The van der Waals surface area contributed by atoms with E-state index in [0.29, 0.717) is 12.3 Å². The van der Waals surface area contributed by atoms with Crippen LogP contribution in [0.1, 0.15) is 55.9 Å². The van der Waals surface area contributed by atoms with Gasteiger partial charge in [0.15, 0.2) is 11.6 Å². The highest BCUT2D eigenvalue weighted by atomic mass is 16.1. The number of carbonyl (C=O) groups excluding carboxylic acids is 1. The zero-order valence-electron chi connectivity index (χ0n) is 13.8. The van der Waals surface area contributed by atoms with Crippen LogP contribution in [-0.2, 0) is 12.8 Å². The quantitative estimate of drug-likeness (QED) is 0.869. The van der Waals surface area contributed by atoms with Gasteiger partial charge in [-0.25, -0.2) is 9.67 Å². The summed E-state index contributed by atoms with van der Waals surface area (Å²) in [4.78, 5) is 17.1. The molecule has 0 aromatic carbocycles. The van der Waals surface area contributed by atoms with Gasteiger partial charge in [-0.05, 0) is 36.3 Å². The van der Waals surface area contributed by atoms with E-state index in [9.17, 15) is 4.79 Å². The molecule has 0 aliphatic heterocycles. The lowest BCUT2D eigenvalue weighted by molar-refractivity contribution is 0.0910. The molecule has 116 valence electrons. The van der Waals surface area contributed by atoms with Crippen LogP contribution in [0.3, 0.4) is 0 Å². The smallest absolute Gasteiger partial charge is 0.167 e. The highest BCUT2D eigenvalue weighted by Crippen LogP contribution is 2.37. The van der Waals surface area contributed by atoms with Gasteiger partial charge in [0, 0.05) is 12.6 Å². The van der Waals surface area contributed by atoms with E-state index >= 15 is 0 Å². The van der Waals surface area contributed by atoms with Crippen LogP contribution in [0, 0.1) is 11.3 Å². The van der Waals surface area contributed by atoms with E-state index in [1.54, 1.807) is 6.20 Å². The Labute approximate surface area is 131 Å². The molecule has 0 saturated heterocycles. The van der Waals surface area contributed by atoms with Gasteiger partial charge in [0.2, 0.25) is 0 Å². The van der Waals surface area contributed by atoms with Crippen molar-refractivity contribution in [2.75, 3.05) is 0 Å². The predicted molar refractivity (Wildman–Crippen MR) is 86.3 cm³/mol. The highest BCUT2D eigenvalue weighted by molar-refractivity contribution is 6.00. The Balaban J connectivity index is 2.18. The number of rotatable bonds is 3. The van der Waals surface area contributed by atoms with Gasteiger partial charge in [0.1, 0.15) is 0 Å². The first kappa shape index (κ1) is 14.9. The summed E-state index contributed by atoms with van der Waals surface area (Å²) in [6.45, 7) is 8.60. The number of nitrogens with zero attached hydrogens (tertiary/aromatic N) is 3. The minimum absolute atomic E-state index is 0.0221. The fraction of sp³-hybridized carbons (Fsp3) is 0.500. The third-order valence-corrected chi connectivity index (χ3v) is 4.09. The predicted octanol–water partition coefficient (Wildman–Crippen LogP) is 3.62. The van der Waals surface area contributed by atoms with Crippen LogP contribution < -0.4 is 0 Å². The largest absolute Gasteiger partial charge is 0.294 e. The number of carbonyl (C=O) groups is 1. The minimum atomic E-state index is -0.0221. The molecule has 2 aromatic heterocycles.